The van der Waals surface area contributed by atoms with E-state index in [2.05, 4.69) is 20.6 Å². The molecule has 3 N–H and O–H groups in total. The van der Waals surface area contributed by atoms with Gasteiger partial charge in [0.1, 0.15) is 0 Å². The summed E-state index contributed by atoms with van der Waals surface area (Å²) in [5.41, 5.74) is 2.22. The van der Waals surface area contributed by atoms with E-state index in [4.69, 9.17) is 0 Å². The largest absolute Gasteiger partial charge is 0.352 e. The second-order valence-electron chi connectivity index (χ2n) is 6.22. The van der Waals surface area contributed by atoms with Gasteiger partial charge in [0.05, 0.1) is 11.0 Å². The van der Waals surface area contributed by atoms with Crippen LogP contribution in [0.4, 0.5) is 5.95 Å². The Morgan fingerprint density at radius 1 is 0.926 bits per heavy atom. The van der Waals surface area contributed by atoms with Gasteiger partial charge in [0, 0.05) is 18.5 Å². The van der Waals surface area contributed by atoms with Crippen molar-refractivity contribution in [2.45, 2.75) is 6.42 Å². The predicted molar refractivity (Wildman–Crippen MR) is 106 cm³/mol. The Morgan fingerprint density at radius 3 is 2.56 bits per heavy atom. The summed E-state index contributed by atoms with van der Waals surface area (Å²) in [5, 5.41) is 7.58. The van der Waals surface area contributed by atoms with Crippen LogP contribution in [0.2, 0.25) is 0 Å². The van der Waals surface area contributed by atoms with Crippen molar-refractivity contribution < 1.29 is 9.59 Å². The van der Waals surface area contributed by atoms with Gasteiger partial charge in [0.25, 0.3) is 5.91 Å². The van der Waals surface area contributed by atoms with E-state index < -0.39 is 0 Å². The number of hydrogen-bond acceptors (Lipinski definition) is 3. The van der Waals surface area contributed by atoms with Gasteiger partial charge < -0.3 is 10.3 Å². The Morgan fingerprint density at radius 2 is 1.70 bits per heavy atom. The van der Waals surface area contributed by atoms with E-state index in [0.29, 0.717) is 11.5 Å². The first-order valence-corrected chi connectivity index (χ1v) is 8.71. The summed E-state index contributed by atoms with van der Waals surface area (Å²) in [6.45, 7) is 0.248. The molecule has 0 aliphatic carbocycles. The number of aromatic amines is 1. The van der Waals surface area contributed by atoms with E-state index in [0.717, 1.165) is 21.8 Å². The zero-order valence-corrected chi connectivity index (χ0v) is 14.5. The summed E-state index contributed by atoms with van der Waals surface area (Å²) >= 11 is 0. The molecule has 0 radical (unpaired) electrons. The molecule has 3 aromatic carbocycles. The summed E-state index contributed by atoms with van der Waals surface area (Å²) in [7, 11) is 0. The van der Waals surface area contributed by atoms with Crippen LogP contribution in [0.3, 0.4) is 0 Å². The lowest BCUT2D eigenvalue weighted by molar-refractivity contribution is -0.116. The second-order valence-corrected chi connectivity index (χ2v) is 6.22. The van der Waals surface area contributed by atoms with Gasteiger partial charge in [0.2, 0.25) is 11.9 Å². The van der Waals surface area contributed by atoms with Crippen LogP contribution in [0.25, 0.3) is 21.8 Å². The van der Waals surface area contributed by atoms with Gasteiger partial charge in [-0.2, -0.15) is 0 Å². The van der Waals surface area contributed by atoms with Gasteiger partial charge >= 0.3 is 0 Å². The number of H-pyrrole nitrogens is 1. The van der Waals surface area contributed by atoms with Crippen LogP contribution in [-0.2, 0) is 4.79 Å². The van der Waals surface area contributed by atoms with Crippen LogP contribution in [0.15, 0.2) is 66.7 Å². The molecule has 27 heavy (non-hydrogen) atoms. The van der Waals surface area contributed by atoms with Crippen molar-refractivity contribution >= 4 is 39.6 Å². The molecule has 0 unspecified atom stereocenters. The average Bonchev–Trinajstić information content (AvgIpc) is 3.09. The Bertz CT molecular complexity index is 1100. The van der Waals surface area contributed by atoms with Crippen molar-refractivity contribution in [3.8, 4) is 0 Å². The topological polar surface area (TPSA) is 86.9 Å². The number of amides is 2. The normalized spacial score (nSPS) is 10.8. The van der Waals surface area contributed by atoms with Crippen molar-refractivity contribution in [2.24, 2.45) is 0 Å². The first-order chi connectivity index (χ1) is 13.2. The van der Waals surface area contributed by atoms with Gasteiger partial charge in [-0.3, -0.25) is 14.9 Å². The SMILES string of the molecule is O=C(CCNC(=O)c1ccc2ccccc2c1)Nc1nc2ccccc2[nH]1. The molecule has 1 aromatic heterocycles. The van der Waals surface area contributed by atoms with Crippen LogP contribution in [-0.4, -0.2) is 28.3 Å². The van der Waals surface area contributed by atoms with Crippen LogP contribution in [0.5, 0.6) is 0 Å². The van der Waals surface area contributed by atoms with Crippen molar-refractivity contribution in [3.05, 3.63) is 72.3 Å². The first-order valence-electron chi connectivity index (χ1n) is 8.71. The lowest BCUT2D eigenvalue weighted by Crippen LogP contribution is -2.27. The number of rotatable bonds is 5. The zero-order valence-electron chi connectivity index (χ0n) is 14.5. The zero-order chi connectivity index (χ0) is 18.6. The smallest absolute Gasteiger partial charge is 0.251 e. The number of nitrogens with one attached hydrogen (secondary N) is 3. The van der Waals surface area contributed by atoms with Crippen LogP contribution < -0.4 is 10.6 Å². The highest BCUT2D eigenvalue weighted by Crippen LogP contribution is 2.16. The van der Waals surface area contributed by atoms with Gasteiger partial charge in [-0.25, -0.2) is 4.98 Å². The van der Waals surface area contributed by atoms with Crippen molar-refractivity contribution in [1.29, 1.82) is 0 Å². The maximum absolute atomic E-state index is 12.3. The summed E-state index contributed by atoms with van der Waals surface area (Å²) in [6, 6.07) is 20.9. The van der Waals surface area contributed by atoms with Gasteiger partial charge in [-0.05, 0) is 35.0 Å². The Kier molecular flexibility index (Phi) is 4.53. The lowest BCUT2D eigenvalue weighted by atomic mass is 10.1. The molecule has 0 atom stereocenters. The van der Waals surface area contributed by atoms with E-state index in [1.807, 2.05) is 60.7 Å². The molecular formula is C21H18N4O2. The number of para-hydroxylation sites is 2. The van der Waals surface area contributed by atoms with E-state index >= 15 is 0 Å². The number of anilines is 1. The Balaban J connectivity index is 1.31. The molecule has 2 amide bonds. The quantitative estimate of drug-likeness (QED) is 0.510. The third kappa shape index (κ3) is 3.79. The summed E-state index contributed by atoms with van der Waals surface area (Å²) in [5.74, 6) is -0.00721. The van der Waals surface area contributed by atoms with Crippen LogP contribution >= 0.6 is 0 Å². The highest BCUT2D eigenvalue weighted by atomic mass is 16.2. The minimum atomic E-state index is -0.215. The van der Waals surface area contributed by atoms with E-state index in [1.54, 1.807) is 6.07 Å². The number of nitrogens with zero attached hydrogens (tertiary/aromatic N) is 1. The van der Waals surface area contributed by atoms with E-state index in [9.17, 15) is 9.59 Å². The van der Waals surface area contributed by atoms with Crippen LogP contribution in [0, 0.1) is 0 Å². The molecule has 0 spiro atoms. The Hall–Kier alpha value is -3.67. The molecule has 0 aliphatic rings. The molecule has 1 heterocycles. The molecule has 4 rings (SSSR count). The third-order valence-electron chi connectivity index (χ3n) is 4.30. The number of aromatic nitrogens is 2. The summed E-state index contributed by atoms with van der Waals surface area (Å²) in [4.78, 5) is 31.7. The van der Waals surface area contributed by atoms with Gasteiger partial charge in [0.15, 0.2) is 0 Å². The highest BCUT2D eigenvalue weighted by Gasteiger charge is 2.09. The lowest BCUT2D eigenvalue weighted by Gasteiger charge is -2.06. The predicted octanol–water partition coefficient (Wildman–Crippen LogP) is 3.47. The number of carbonyl (C=O) groups excluding carboxylic acids is 2. The number of benzene rings is 3. The Labute approximate surface area is 155 Å². The maximum Gasteiger partial charge on any atom is 0.251 e. The minimum absolute atomic E-state index is 0.163. The molecule has 0 saturated heterocycles. The number of carbonyl (C=O) groups is 2. The number of hydrogen-bond donors (Lipinski definition) is 3. The second kappa shape index (κ2) is 7.29. The van der Waals surface area contributed by atoms with Crippen molar-refractivity contribution in [3.63, 3.8) is 0 Å². The van der Waals surface area contributed by atoms with E-state index in [-0.39, 0.29) is 24.8 Å². The number of imidazole rings is 1. The van der Waals surface area contributed by atoms with Gasteiger partial charge in [-0.1, -0.05) is 42.5 Å². The fraction of sp³-hybridized carbons (Fsp3) is 0.0952. The molecule has 4 aromatic rings. The monoisotopic (exact) mass is 358 g/mol. The number of fused-ring (bicyclic) bond motifs is 2. The van der Waals surface area contributed by atoms with Crippen molar-refractivity contribution in [2.75, 3.05) is 11.9 Å². The van der Waals surface area contributed by atoms with Gasteiger partial charge in [-0.15, -0.1) is 0 Å². The molecule has 0 bridgehead atoms. The maximum atomic E-state index is 12.3. The van der Waals surface area contributed by atoms with E-state index in [1.165, 1.54) is 0 Å². The summed E-state index contributed by atoms with van der Waals surface area (Å²) in [6.07, 6.45) is 0.163. The molecule has 0 aliphatic heterocycles. The third-order valence-corrected chi connectivity index (χ3v) is 4.30. The summed E-state index contributed by atoms with van der Waals surface area (Å²) < 4.78 is 0. The molecule has 6 nitrogen and oxygen atoms in total. The van der Waals surface area contributed by atoms with Crippen LogP contribution in [0.1, 0.15) is 16.8 Å². The average molecular weight is 358 g/mol. The first kappa shape index (κ1) is 16.8. The fourth-order valence-corrected chi connectivity index (χ4v) is 2.93. The molecule has 6 heteroatoms. The molecule has 134 valence electrons. The minimum Gasteiger partial charge on any atom is -0.352 e. The standard InChI is InChI=1S/C21H18N4O2/c26-19(25-21-23-17-7-3-4-8-18(17)24-21)11-12-22-20(27)16-10-9-14-5-1-2-6-15(14)13-16/h1-10,13H,11-12H2,(H,22,27)(H2,23,24,25,26). The van der Waals surface area contributed by atoms with Crippen molar-refractivity contribution in [1.82, 2.24) is 15.3 Å². The highest BCUT2D eigenvalue weighted by molar-refractivity contribution is 5.99. The molecule has 0 fully saturated rings. The molecular weight excluding hydrogens is 340 g/mol. The fourth-order valence-electron chi connectivity index (χ4n) is 2.93. The molecule has 0 saturated carbocycles.